The molecule has 0 aliphatic carbocycles. The normalized spacial score (nSPS) is 19.9. The van der Waals surface area contributed by atoms with Crippen LogP contribution in [-0.2, 0) is 11.3 Å². The highest BCUT2D eigenvalue weighted by Gasteiger charge is 2.34. The number of carbonyl (C=O) groups is 1. The van der Waals surface area contributed by atoms with E-state index in [4.69, 9.17) is 4.74 Å². The number of fused-ring (bicyclic) bond motifs is 1. The molecule has 1 aromatic heterocycles. The van der Waals surface area contributed by atoms with Gasteiger partial charge in [0.15, 0.2) is 5.75 Å². The molecule has 0 bridgehead atoms. The first kappa shape index (κ1) is 17.4. The van der Waals surface area contributed by atoms with Crippen molar-refractivity contribution in [3.8, 4) is 5.75 Å². The zero-order valence-electron chi connectivity index (χ0n) is 14.2. The Morgan fingerprint density at radius 3 is 3.08 bits per heavy atom. The smallest absolute Gasteiger partial charge is 0.231 e. The van der Waals surface area contributed by atoms with Gasteiger partial charge < -0.3 is 9.64 Å². The third kappa shape index (κ3) is 3.46. The number of ether oxygens (including phenoxy) is 1. The van der Waals surface area contributed by atoms with Crippen LogP contribution in [0.4, 0.5) is 10.1 Å². The van der Waals surface area contributed by atoms with Crippen molar-refractivity contribution in [1.29, 1.82) is 0 Å². The molecular weight excluding hydrogens is 401 g/mol. The Hall–Kier alpha value is -1.99. The van der Waals surface area contributed by atoms with Crippen molar-refractivity contribution in [2.75, 3.05) is 31.1 Å². The van der Waals surface area contributed by atoms with Crippen molar-refractivity contribution in [2.45, 2.75) is 13.0 Å². The van der Waals surface area contributed by atoms with Gasteiger partial charge in [0, 0.05) is 19.3 Å². The molecule has 1 saturated heterocycles. The summed E-state index contributed by atoms with van der Waals surface area (Å²) in [5, 5.41) is 0. The number of anilines is 1. The summed E-state index contributed by atoms with van der Waals surface area (Å²) in [6.07, 6.45) is 4.15. The number of pyridine rings is 1. The van der Waals surface area contributed by atoms with E-state index in [1.165, 1.54) is 6.07 Å². The van der Waals surface area contributed by atoms with Crippen LogP contribution in [0, 0.1) is 11.7 Å². The quantitative estimate of drug-likeness (QED) is 0.765. The van der Waals surface area contributed by atoms with Crippen LogP contribution in [0.5, 0.6) is 5.75 Å². The van der Waals surface area contributed by atoms with E-state index >= 15 is 0 Å². The fourth-order valence-corrected chi connectivity index (χ4v) is 4.06. The van der Waals surface area contributed by atoms with Gasteiger partial charge in [-0.05, 0) is 46.6 Å². The van der Waals surface area contributed by atoms with Gasteiger partial charge in [-0.15, -0.1) is 0 Å². The first-order valence-electron chi connectivity index (χ1n) is 8.66. The van der Waals surface area contributed by atoms with Crippen LogP contribution in [0.3, 0.4) is 0 Å². The van der Waals surface area contributed by atoms with Gasteiger partial charge in [0.05, 0.1) is 23.1 Å². The number of halogens is 2. The van der Waals surface area contributed by atoms with Crippen LogP contribution in [-0.4, -0.2) is 42.0 Å². The van der Waals surface area contributed by atoms with E-state index in [9.17, 15) is 9.18 Å². The lowest BCUT2D eigenvalue weighted by atomic mass is 10.1. The van der Waals surface area contributed by atoms with Crippen LogP contribution in [0.15, 0.2) is 41.1 Å². The highest BCUT2D eigenvalue weighted by molar-refractivity contribution is 9.10. The third-order valence-electron chi connectivity index (χ3n) is 4.87. The third-order valence-corrected chi connectivity index (χ3v) is 5.43. The highest BCUT2D eigenvalue weighted by Crippen LogP contribution is 2.38. The zero-order valence-corrected chi connectivity index (χ0v) is 15.8. The van der Waals surface area contributed by atoms with Crippen LogP contribution in [0.25, 0.3) is 0 Å². The summed E-state index contributed by atoms with van der Waals surface area (Å²) in [4.78, 5) is 21.2. The van der Waals surface area contributed by atoms with Crippen LogP contribution in [0.1, 0.15) is 12.0 Å². The Bertz CT molecular complexity index is 832. The average Bonchev–Trinajstić information content (AvgIpc) is 3.09. The molecule has 4 rings (SSSR count). The van der Waals surface area contributed by atoms with Crippen molar-refractivity contribution in [2.24, 2.45) is 5.92 Å². The maximum absolute atomic E-state index is 13.4. The minimum atomic E-state index is -0.225. The molecule has 0 N–H and O–H groups in total. The fourth-order valence-electron chi connectivity index (χ4n) is 3.63. The Labute approximate surface area is 159 Å². The molecule has 1 aromatic carbocycles. The standard InChI is InChI=1S/C19H19BrFN3O2/c20-16-9-22-10-17-18(16)26-7-6-24(17)19(25)14-4-5-23(12-14)11-13-2-1-3-15(21)8-13/h1-3,8-10,14H,4-7,11-12H2/t14-/m1/s1. The molecule has 26 heavy (non-hydrogen) atoms. The summed E-state index contributed by atoms with van der Waals surface area (Å²) in [5.41, 5.74) is 1.65. The summed E-state index contributed by atoms with van der Waals surface area (Å²) in [6, 6.07) is 6.64. The van der Waals surface area contributed by atoms with Gasteiger partial charge in [-0.25, -0.2) is 4.39 Å². The molecule has 1 atom stereocenters. The van der Waals surface area contributed by atoms with E-state index in [1.807, 2.05) is 6.07 Å². The lowest BCUT2D eigenvalue weighted by Gasteiger charge is -2.31. The van der Waals surface area contributed by atoms with Gasteiger partial charge in [0.2, 0.25) is 5.91 Å². The summed E-state index contributed by atoms with van der Waals surface area (Å²) < 4.78 is 19.8. The molecule has 3 heterocycles. The maximum atomic E-state index is 13.4. The predicted molar refractivity (Wildman–Crippen MR) is 99.6 cm³/mol. The molecule has 1 amide bonds. The zero-order chi connectivity index (χ0) is 18.1. The molecule has 1 fully saturated rings. The van der Waals surface area contributed by atoms with Crippen molar-refractivity contribution in [3.63, 3.8) is 0 Å². The van der Waals surface area contributed by atoms with Crippen LogP contribution < -0.4 is 9.64 Å². The number of likely N-dealkylation sites (tertiary alicyclic amines) is 1. The Balaban J connectivity index is 1.45. The number of hydrogen-bond acceptors (Lipinski definition) is 4. The molecule has 0 spiro atoms. The number of carbonyl (C=O) groups excluding carboxylic acids is 1. The largest absolute Gasteiger partial charge is 0.488 e. The predicted octanol–water partition coefficient (Wildman–Crippen LogP) is 3.23. The second kappa shape index (κ2) is 7.32. The van der Waals surface area contributed by atoms with E-state index in [0.717, 1.165) is 28.7 Å². The topological polar surface area (TPSA) is 45.7 Å². The molecular formula is C19H19BrFN3O2. The van der Waals surface area contributed by atoms with E-state index in [0.29, 0.717) is 32.0 Å². The average molecular weight is 420 g/mol. The minimum absolute atomic E-state index is 0.0616. The van der Waals surface area contributed by atoms with Crippen LogP contribution in [0.2, 0.25) is 0 Å². The van der Waals surface area contributed by atoms with E-state index in [-0.39, 0.29) is 17.6 Å². The molecule has 2 aliphatic rings. The van der Waals surface area contributed by atoms with E-state index in [1.54, 1.807) is 29.4 Å². The first-order chi connectivity index (χ1) is 12.6. The van der Waals surface area contributed by atoms with E-state index in [2.05, 4.69) is 25.8 Å². The number of aromatic nitrogens is 1. The Kier molecular flexibility index (Phi) is 4.91. The second-order valence-electron chi connectivity index (χ2n) is 6.66. The highest BCUT2D eigenvalue weighted by atomic mass is 79.9. The van der Waals surface area contributed by atoms with Crippen LogP contribution >= 0.6 is 15.9 Å². The molecule has 2 aliphatic heterocycles. The number of nitrogens with zero attached hydrogens (tertiary/aromatic N) is 3. The minimum Gasteiger partial charge on any atom is -0.488 e. The van der Waals surface area contributed by atoms with Crippen molar-refractivity contribution in [1.82, 2.24) is 9.88 Å². The molecule has 2 aromatic rings. The lowest BCUT2D eigenvalue weighted by molar-refractivity contribution is -0.122. The summed E-state index contributed by atoms with van der Waals surface area (Å²) in [6.45, 7) is 3.18. The molecule has 0 unspecified atom stereocenters. The molecule has 5 nitrogen and oxygen atoms in total. The summed E-state index contributed by atoms with van der Waals surface area (Å²) >= 11 is 3.43. The monoisotopic (exact) mass is 419 g/mol. The fraction of sp³-hybridized carbons (Fsp3) is 0.368. The summed E-state index contributed by atoms with van der Waals surface area (Å²) in [7, 11) is 0. The number of benzene rings is 1. The van der Waals surface area contributed by atoms with Gasteiger partial charge in [-0.1, -0.05) is 12.1 Å². The van der Waals surface area contributed by atoms with Crippen molar-refractivity contribution >= 4 is 27.5 Å². The second-order valence-corrected chi connectivity index (χ2v) is 7.51. The number of hydrogen-bond donors (Lipinski definition) is 0. The molecule has 0 radical (unpaired) electrons. The SMILES string of the molecule is O=C([C@@H]1CCN(Cc2cccc(F)c2)C1)N1CCOc2c(Br)cncc21. The maximum Gasteiger partial charge on any atom is 0.231 e. The molecule has 7 heteroatoms. The first-order valence-corrected chi connectivity index (χ1v) is 9.45. The van der Waals surface area contributed by atoms with Gasteiger partial charge in [-0.2, -0.15) is 0 Å². The molecule has 136 valence electrons. The Morgan fingerprint density at radius 1 is 1.35 bits per heavy atom. The van der Waals surface area contributed by atoms with Gasteiger partial charge >= 0.3 is 0 Å². The van der Waals surface area contributed by atoms with Gasteiger partial charge in [0.25, 0.3) is 0 Å². The molecule has 0 saturated carbocycles. The van der Waals surface area contributed by atoms with Gasteiger partial charge in [-0.3, -0.25) is 14.7 Å². The van der Waals surface area contributed by atoms with Crippen molar-refractivity contribution in [3.05, 3.63) is 52.5 Å². The van der Waals surface area contributed by atoms with Gasteiger partial charge in [0.1, 0.15) is 18.1 Å². The number of amides is 1. The van der Waals surface area contributed by atoms with Crippen molar-refractivity contribution < 1.29 is 13.9 Å². The van der Waals surface area contributed by atoms with E-state index < -0.39 is 0 Å². The summed E-state index contributed by atoms with van der Waals surface area (Å²) in [5.74, 6) is 0.497. The Morgan fingerprint density at radius 2 is 2.23 bits per heavy atom. The lowest BCUT2D eigenvalue weighted by Crippen LogP contribution is -2.42. The number of rotatable bonds is 3.